The van der Waals surface area contributed by atoms with E-state index < -0.39 is 23.8 Å². The van der Waals surface area contributed by atoms with E-state index in [0.717, 1.165) is 0 Å². The van der Waals surface area contributed by atoms with Crippen molar-refractivity contribution < 1.29 is 24.1 Å². The molecule has 0 spiro atoms. The molecule has 0 fully saturated rings. The number of hydrogen-bond acceptors (Lipinski definition) is 5. The average molecular weight is 234 g/mol. The summed E-state index contributed by atoms with van der Waals surface area (Å²) < 4.78 is 14.9. The zero-order valence-electron chi connectivity index (χ0n) is 10.6. The van der Waals surface area contributed by atoms with Gasteiger partial charge in [0.1, 0.15) is 5.60 Å². The summed E-state index contributed by atoms with van der Waals surface area (Å²) >= 11 is 0. The van der Waals surface area contributed by atoms with Crippen LogP contribution >= 0.6 is 0 Å². The lowest BCUT2D eigenvalue weighted by atomic mass is 9.86. The Morgan fingerprint density at radius 3 is 2.12 bits per heavy atom. The van der Waals surface area contributed by atoms with Gasteiger partial charge in [0.2, 0.25) is 0 Å². The van der Waals surface area contributed by atoms with Crippen LogP contribution in [0.1, 0.15) is 27.2 Å². The Morgan fingerprint density at radius 1 is 1.31 bits per heavy atom. The maximum atomic E-state index is 11.7. The van der Waals surface area contributed by atoms with E-state index in [4.69, 9.17) is 14.2 Å². The standard InChI is InChI=1S/C11H22O5/c1-6-8(9(12)16-7-2)11(3,13)10(14-4)15-5/h8,10,13H,6-7H2,1-5H3. The molecule has 16 heavy (non-hydrogen) atoms. The number of esters is 1. The van der Waals surface area contributed by atoms with Crippen molar-refractivity contribution in [1.82, 2.24) is 0 Å². The second kappa shape index (κ2) is 6.83. The van der Waals surface area contributed by atoms with Crippen LogP contribution in [-0.4, -0.2) is 43.8 Å². The lowest BCUT2D eigenvalue weighted by molar-refractivity contribution is -0.231. The van der Waals surface area contributed by atoms with Gasteiger partial charge in [-0.3, -0.25) is 4.79 Å². The first-order chi connectivity index (χ1) is 7.45. The molecule has 0 aliphatic heterocycles. The first-order valence-corrected chi connectivity index (χ1v) is 5.40. The predicted octanol–water partition coefficient (Wildman–Crippen LogP) is 0.946. The summed E-state index contributed by atoms with van der Waals surface area (Å²) in [5.74, 6) is -1.11. The van der Waals surface area contributed by atoms with Crippen LogP contribution in [0.3, 0.4) is 0 Å². The van der Waals surface area contributed by atoms with Gasteiger partial charge >= 0.3 is 5.97 Å². The summed E-state index contributed by atoms with van der Waals surface area (Å²) in [4.78, 5) is 11.7. The summed E-state index contributed by atoms with van der Waals surface area (Å²) in [6, 6.07) is 0. The van der Waals surface area contributed by atoms with E-state index in [1.807, 2.05) is 0 Å². The van der Waals surface area contributed by atoms with Crippen molar-refractivity contribution in [1.29, 1.82) is 0 Å². The molecule has 0 radical (unpaired) electrons. The molecule has 0 aliphatic rings. The molecule has 5 nitrogen and oxygen atoms in total. The first kappa shape index (κ1) is 15.3. The number of aliphatic hydroxyl groups is 1. The quantitative estimate of drug-likeness (QED) is 0.524. The Kier molecular flexibility index (Phi) is 6.55. The third kappa shape index (κ3) is 3.43. The molecule has 0 heterocycles. The number of rotatable bonds is 7. The molecule has 2 atom stereocenters. The monoisotopic (exact) mass is 234 g/mol. The molecule has 0 saturated heterocycles. The number of hydrogen-bond donors (Lipinski definition) is 1. The molecule has 0 aliphatic carbocycles. The molecule has 0 saturated carbocycles. The minimum absolute atomic E-state index is 0.288. The molecule has 0 aromatic rings. The van der Waals surface area contributed by atoms with Gasteiger partial charge in [-0.15, -0.1) is 0 Å². The largest absolute Gasteiger partial charge is 0.466 e. The fourth-order valence-corrected chi connectivity index (χ4v) is 1.80. The van der Waals surface area contributed by atoms with Gasteiger partial charge in [0.15, 0.2) is 6.29 Å². The van der Waals surface area contributed by atoms with Crippen LogP contribution in [0.2, 0.25) is 0 Å². The van der Waals surface area contributed by atoms with Crippen molar-refractivity contribution in [3.8, 4) is 0 Å². The minimum atomic E-state index is -1.41. The Hall–Kier alpha value is -0.650. The van der Waals surface area contributed by atoms with E-state index >= 15 is 0 Å². The van der Waals surface area contributed by atoms with E-state index in [9.17, 15) is 9.90 Å². The summed E-state index contributed by atoms with van der Waals surface area (Å²) in [6.45, 7) is 5.33. The maximum absolute atomic E-state index is 11.7. The second-order valence-corrected chi connectivity index (χ2v) is 3.74. The van der Waals surface area contributed by atoms with Gasteiger partial charge in [0, 0.05) is 14.2 Å². The van der Waals surface area contributed by atoms with E-state index in [0.29, 0.717) is 6.42 Å². The molecular weight excluding hydrogens is 212 g/mol. The van der Waals surface area contributed by atoms with Gasteiger partial charge in [0.25, 0.3) is 0 Å². The number of carbonyl (C=O) groups is 1. The Labute approximate surface area is 96.7 Å². The highest BCUT2D eigenvalue weighted by atomic mass is 16.7. The molecule has 5 heteroatoms. The molecule has 0 rings (SSSR count). The summed E-state index contributed by atoms with van der Waals surface area (Å²) in [5, 5.41) is 10.3. The highest BCUT2D eigenvalue weighted by Gasteiger charge is 2.44. The van der Waals surface area contributed by atoms with Gasteiger partial charge in [-0.25, -0.2) is 0 Å². The van der Waals surface area contributed by atoms with Crippen molar-refractivity contribution in [2.75, 3.05) is 20.8 Å². The van der Waals surface area contributed by atoms with Gasteiger partial charge in [-0.1, -0.05) is 6.92 Å². The normalized spacial score (nSPS) is 16.9. The molecule has 96 valence electrons. The molecule has 2 unspecified atom stereocenters. The summed E-state index contributed by atoms with van der Waals surface area (Å²) in [5.41, 5.74) is -1.41. The van der Waals surface area contributed by atoms with Gasteiger partial charge in [0.05, 0.1) is 12.5 Å². The zero-order valence-corrected chi connectivity index (χ0v) is 10.6. The van der Waals surface area contributed by atoms with Gasteiger partial charge < -0.3 is 19.3 Å². The Balaban J connectivity index is 4.83. The van der Waals surface area contributed by atoms with Crippen molar-refractivity contribution in [3.63, 3.8) is 0 Å². The maximum Gasteiger partial charge on any atom is 0.312 e. The fourth-order valence-electron chi connectivity index (χ4n) is 1.80. The third-order valence-electron chi connectivity index (χ3n) is 2.59. The van der Waals surface area contributed by atoms with E-state index in [2.05, 4.69) is 0 Å². The van der Waals surface area contributed by atoms with E-state index in [1.165, 1.54) is 21.1 Å². The van der Waals surface area contributed by atoms with Crippen molar-refractivity contribution >= 4 is 5.97 Å². The highest BCUT2D eigenvalue weighted by Crippen LogP contribution is 2.27. The second-order valence-electron chi connectivity index (χ2n) is 3.74. The molecule has 1 N–H and O–H groups in total. The number of carbonyl (C=O) groups excluding carboxylic acids is 1. The summed E-state index contributed by atoms with van der Waals surface area (Å²) in [6.07, 6.45) is -0.406. The number of methoxy groups -OCH3 is 2. The average Bonchev–Trinajstić information content (AvgIpc) is 2.19. The van der Waals surface area contributed by atoms with Crippen LogP contribution in [0.4, 0.5) is 0 Å². The Morgan fingerprint density at radius 2 is 1.81 bits per heavy atom. The van der Waals surface area contributed by atoms with Crippen LogP contribution < -0.4 is 0 Å². The molecular formula is C11H22O5. The van der Waals surface area contributed by atoms with Crippen molar-refractivity contribution in [2.24, 2.45) is 5.92 Å². The SMILES string of the molecule is CCOC(=O)C(CC)C(C)(O)C(OC)OC. The van der Waals surface area contributed by atoms with Crippen LogP contribution in [0.25, 0.3) is 0 Å². The highest BCUT2D eigenvalue weighted by molar-refractivity contribution is 5.73. The van der Waals surface area contributed by atoms with Crippen LogP contribution in [0.5, 0.6) is 0 Å². The van der Waals surface area contributed by atoms with Crippen LogP contribution in [-0.2, 0) is 19.0 Å². The van der Waals surface area contributed by atoms with E-state index in [1.54, 1.807) is 13.8 Å². The molecule has 0 aromatic heterocycles. The van der Waals surface area contributed by atoms with Crippen molar-refractivity contribution in [2.45, 2.75) is 39.1 Å². The van der Waals surface area contributed by atoms with Gasteiger partial charge in [-0.05, 0) is 20.3 Å². The minimum Gasteiger partial charge on any atom is -0.466 e. The molecule has 0 aromatic carbocycles. The number of ether oxygens (including phenoxy) is 3. The predicted molar refractivity (Wildman–Crippen MR) is 58.8 cm³/mol. The topological polar surface area (TPSA) is 65.0 Å². The third-order valence-corrected chi connectivity index (χ3v) is 2.59. The van der Waals surface area contributed by atoms with Gasteiger partial charge in [-0.2, -0.15) is 0 Å². The van der Waals surface area contributed by atoms with Crippen LogP contribution in [0.15, 0.2) is 0 Å². The lowest BCUT2D eigenvalue weighted by Gasteiger charge is -2.35. The molecule has 0 bridgehead atoms. The summed E-state index contributed by atoms with van der Waals surface area (Å²) in [7, 11) is 2.83. The lowest BCUT2D eigenvalue weighted by Crippen LogP contribution is -2.51. The fraction of sp³-hybridized carbons (Fsp3) is 0.909. The van der Waals surface area contributed by atoms with E-state index in [-0.39, 0.29) is 6.61 Å². The zero-order chi connectivity index (χ0) is 12.8. The smallest absolute Gasteiger partial charge is 0.312 e. The first-order valence-electron chi connectivity index (χ1n) is 5.40. The van der Waals surface area contributed by atoms with Crippen molar-refractivity contribution in [3.05, 3.63) is 0 Å². The molecule has 0 amide bonds. The Bertz CT molecular complexity index is 210. The van der Waals surface area contributed by atoms with Crippen LogP contribution in [0, 0.1) is 5.92 Å².